The number of rotatable bonds is 3. The maximum absolute atomic E-state index is 12.2. The van der Waals surface area contributed by atoms with Crippen LogP contribution in [0.2, 0.25) is 5.15 Å². The van der Waals surface area contributed by atoms with Gasteiger partial charge in [0.1, 0.15) is 5.15 Å². The van der Waals surface area contributed by atoms with E-state index in [0.29, 0.717) is 5.69 Å². The molecule has 1 aromatic rings. The van der Waals surface area contributed by atoms with Gasteiger partial charge in [-0.2, -0.15) is 0 Å². The average molecular weight is 326 g/mol. The van der Waals surface area contributed by atoms with E-state index in [2.05, 4.69) is 15.3 Å². The van der Waals surface area contributed by atoms with Gasteiger partial charge in [-0.3, -0.25) is 0 Å². The number of nitrogens with zero attached hydrogens (tertiary/aromatic N) is 2. The van der Waals surface area contributed by atoms with Crippen molar-refractivity contribution in [3.8, 4) is 0 Å². The Morgan fingerprint density at radius 2 is 2.16 bits per heavy atom. The zero-order valence-electron chi connectivity index (χ0n) is 10.6. The first kappa shape index (κ1) is 16.6. The first-order valence-electron chi connectivity index (χ1n) is 5.95. The van der Waals surface area contributed by atoms with Gasteiger partial charge in [0.25, 0.3) is 0 Å². The molecular weight excluding hydrogens is 309 g/mol. The van der Waals surface area contributed by atoms with Crippen LogP contribution in [0.5, 0.6) is 0 Å². The molecule has 0 radical (unpaired) electrons. The maximum atomic E-state index is 12.2. The van der Waals surface area contributed by atoms with Crippen LogP contribution in [-0.2, 0) is 9.84 Å². The van der Waals surface area contributed by atoms with Crippen LogP contribution >= 0.6 is 24.0 Å². The smallest absolute Gasteiger partial charge is 0.248 e. The fourth-order valence-corrected chi connectivity index (χ4v) is 3.82. The SMILES string of the molecule is Cc1cc(Cl)nc(S(=O)(=O)CC2CCCCN2)n1.Cl. The summed E-state index contributed by atoms with van der Waals surface area (Å²) in [4.78, 5) is 7.77. The Morgan fingerprint density at radius 1 is 1.42 bits per heavy atom. The lowest BCUT2D eigenvalue weighted by molar-refractivity contribution is 0.423. The summed E-state index contributed by atoms with van der Waals surface area (Å²) in [5.41, 5.74) is 0.560. The van der Waals surface area contributed by atoms with E-state index in [9.17, 15) is 8.42 Å². The van der Waals surface area contributed by atoms with E-state index in [4.69, 9.17) is 11.6 Å². The summed E-state index contributed by atoms with van der Waals surface area (Å²) in [7, 11) is -3.47. The number of sulfone groups is 1. The molecule has 8 heteroatoms. The molecule has 0 bridgehead atoms. The summed E-state index contributed by atoms with van der Waals surface area (Å²) >= 11 is 5.77. The van der Waals surface area contributed by atoms with Gasteiger partial charge >= 0.3 is 0 Å². The number of aryl methyl sites for hydroxylation is 1. The highest BCUT2D eigenvalue weighted by atomic mass is 35.5. The molecule has 1 aliphatic heterocycles. The van der Waals surface area contributed by atoms with Crippen LogP contribution in [0.3, 0.4) is 0 Å². The predicted molar refractivity (Wildman–Crippen MR) is 76.7 cm³/mol. The van der Waals surface area contributed by atoms with Gasteiger partial charge in [0, 0.05) is 11.7 Å². The summed E-state index contributed by atoms with van der Waals surface area (Å²) < 4.78 is 24.4. The Labute approximate surface area is 124 Å². The maximum Gasteiger partial charge on any atom is 0.248 e. The van der Waals surface area contributed by atoms with Crippen LogP contribution in [0.25, 0.3) is 0 Å². The van der Waals surface area contributed by atoms with E-state index in [0.717, 1.165) is 25.8 Å². The molecule has 0 aromatic carbocycles. The summed E-state index contributed by atoms with van der Waals surface area (Å²) in [6.07, 6.45) is 3.03. The highest BCUT2D eigenvalue weighted by Crippen LogP contribution is 2.15. The molecule has 0 saturated carbocycles. The molecule has 19 heavy (non-hydrogen) atoms. The minimum Gasteiger partial charge on any atom is -0.313 e. The van der Waals surface area contributed by atoms with Crippen molar-refractivity contribution >= 4 is 33.8 Å². The predicted octanol–water partition coefficient (Wildman–Crippen LogP) is 1.78. The Morgan fingerprint density at radius 3 is 2.74 bits per heavy atom. The molecule has 0 spiro atoms. The van der Waals surface area contributed by atoms with Crippen LogP contribution in [-0.4, -0.2) is 36.7 Å². The fraction of sp³-hybridized carbons (Fsp3) is 0.636. The minimum absolute atomic E-state index is 0. The summed E-state index contributed by atoms with van der Waals surface area (Å²) in [5.74, 6) is 0.0345. The average Bonchev–Trinajstić information content (AvgIpc) is 2.28. The zero-order chi connectivity index (χ0) is 13.2. The summed E-state index contributed by atoms with van der Waals surface area (Å²) in [5, 5.41) is 3.20. The minimum atomic E-state index is -3.47. The molecule has 0 amide bonds. The molecule has 108 valence electrons. The highest BCUT2D eigenvalue weighted by Gasteiger charge is 2.25. The van der Waals surface area contributed by atoms with E-state index in [1.54, 1.807) is 13.0 Å². The molecule has 2 rings (SSSR count). The van der Waals surface area contributed by atoms with Gasteiger partial charge in [0.2, 0.25) is 15.0 Å². The normalized spacial score (nSPS) is 19.8. The first-order valence-corrected chi connectivity index (χ1v) is 7.98. The molecule has 1 fully saturated rings. The molecule has 5 nitrogen and oxygen atoms in total. The third-order valence-corrected chi connectivity index (χ3v) is 4.69. The van der Waals surface area contributed by atoms with Gasteiger partial charge in [-0.1, -0.05) is 18.0 Å². The highest BCUT2D eigenvalue weighted by molar-refractivity contribution is 7.91. The van der Waals surface area contributed by atoms with Crippen molar-refractivity contribution in [2.45, 2.75) is 37.4 Å². The van der Waals surface area contributed by atoms with E-state index < -0.39 is 9.84 Å². The first-order chi connectivity index (χ1) is 8.47. The molecule has 1 unspecified atom stereocenters. The monoisotopic (exact) mass is 325 g/mol. The van der Waals surface area contributed by atoms with E-state index >= 15 is 0 Å². The Balaban J connectivity index is 0.00000180. The van der Waals surface area contributed by atoms with Gasteiger partial charge < -0.3 is 5.32 Å². The number of aromatic nitrogens is 2. The second kappa shape index (κ2) is 6.83. The lowest BCUT2D eigenvalue weighted by atomic mass is 10.1. The quantitative estimate of drug-likeness (QED) is 0.677. The fourth-order valence-electron chi connectivity index (χ4n) is 2.05. The van der Waals surface area contributed by atoms with Crippen molar-refractivity contribution in [2.24, 2.45) is 0 Å². The van der Waals surface area contributed by atoms with Crippen LogP contribution in [0, 0.1) is 6.92 Å². The summed E-state index contributed by atoms with van der Waals surface area (Å²) in [6, 6.07) is 1.53. The van der Waals surface area contributed by atoms with Crippen molar-refractivity contribution in [3.63, 3.8) is 0 Å². The Kier molecular flexibility index (Phi) is 5.98. The van der Waals surface area contributed by atoms with Crippen LogP contribution < -0.4 is 5.32 Å². The van der Waals surface area contributed by atoms with Crippen LogP contribution in [0.1, 0.15) is 25.0 Å². The van der Waals surface area contributed by atoms with Crippen molar-refractivity contribution in [2.75, 3.05) is 12.3 Å². The lowest BCUT2D eigenvalue weighted by Gasteiger charge is -2.22. The largest absolute Gasteiger partial charge is 0.313 e. The lowest BCUT2D eigenvalue weighted by Crippen LogP contribution is -2.39. The third-order valence-electron chi connectivity index (χ3n) is 2.91. The molecule has 1 aliphatic rings. The molecule has 2 heterocycles. The van der Waals surface area contributed by atoms with Gasteiger partial charge in [-0.25, -0.2) is 18.4 Å². The number of nitrogens with one attached hydrogen (secondary N) is 1. The zero-order valence-corrected chi connectivity index (χ0v) is 13.0. The molecule has 0 aliphatic carbocycles. The van der Waals surface area contributed by atoms with Gasteiger partial charge in [-0.15, -0.1) is 12.4 Å². The molecular formula is C11H17Cl2N3O2S. The van der Waals surface area contributed by atoms with Gasteiger partial charge in [0.05, 0.1) is 5.75 Å². The van der Waals surface area contributed by atoms with Crippen molar-refractivity contribution in [3.05, 3.63) is 16.9 Å². The molecule has 1 N–H and O–H groups in total. The third kappa shape index (κ3) is 4.56. The molecule has 1 aromatic heterocycles. The van der Waals surface area contributed by atoms with E-state index in [-0.39, 0.29) is 34.5 Å². The number of halogens is 2. The number of piperidine rings is 1. The van der Waals surface area contributed by atoms with Crippen LogP contribution in [0.4, 0.5) is 0 Å². The number of hydrogen-bond donors (Lipinski definition) is 1. The van der Waals surface area contributed by atoms with Crippen molar-refractivity contribution in [1.29, 1.82) is 0 Å². The summed E-state index contributed by atoms with van der Waals surface area (Å²) in [6.45, 7) is 2.57. The topological polar surface area (TPSA) is 72.0 Å². The molecule has 1 saturated heterocycles. The van der Waals surface area contributed by atoms with Gasteiger partial charge in [0.15, 0.2) is 0 Å². The second-order valence-corrected chi connectivity index (χ2v) is 6.86. The van der Waals surface area contributed by atoms with Crippen molar-refractivity contribution in [1.82, 2.24) is 15.3 Å². The van der Waals surface area contributed by atoms with E-state index in [1.807, 2.05) is 0 Å². The van der Waals surface area contributed by atoms with Crippen LogP contribution in [0.15, 0.2) is 11.2 Å². The van der Waals surface area contributed by atoms with Gasteiger partial charge in [-0.05, 0) is 32.4 Å². The Hall–Kier alpha value is -0.430. The standard InChI is InChI=1S/C11H16ClN3O2S.ClH/c1-8-6-10(12)15-11(14-8)18(16,17)7-9-4-2-3-5-13-9;/h6,9,13H,2-5,7H2,1H3;1H. The molecule has 1 atom stereocenters. The Bertz CT molecular complexity index is 510. The van der Waals surface area contributed by atoms with E-state index in [1.165, 1.54) is 0 Å². The van der Waals surface area contributed by atoms with Crippen molar-refractivity contribution < 1.29 is 8.42 Å². The number of hydrogen-bond acceptors (Lipinski definition) is 5. The second-order valence-electron chi connectivity index (χ2n) is 4.54.